The Morgan fingerprint density at radius 3 is 2.68 bits per heavy atom. The SMILES string of the molecule is CCCc1cnc(C)nc1N1CCC(NCCc2nnc(C)s2)CC1. The minimum absolute atomic E-state index is 0.586. The van der Waals surface area contributed by atoms with E-state index in [0.717, 1.165) is 73.4 Å². The monoisotopic (exact) mass is 360 g/mol. The molecular formula is C18H28N6S. The number of aromatic nitrogens is 4. The summed E-state index contributed by atoms with van der Waals surface area (Å²) in [5.74, 6) is 2.01. The number of hydrogen-bond donors (Lipinski definition) is 1. The third-order valence-electron chi connectivity index (χ3n) is 4.62. The molecule has 0 atom stereocenters. The van der Waals surface area contributed by atoms with Gasteiger partial charge in [-0.1, -0.05) is 13.3 Å². The first-order valence-corrected chi connectivity index (χ1v) is 10.1. The summed E-state index contributed by atoms with van der Waals surface area (Å²) in [7, 11) is 0. The van der Waals surface area contributed by atoms with Gasteiger partial charge in [-0.2, -0.15) is 0 Å². The normalized spacial score (nSPS) is 15.7. The summed E-state index contributed by atoms with van der Waals surface area (Å²) < 4.78 is 0. The molecule has 0 aromatic carbocycles. The van der Waals surface area contributed by atoms with Crippen LogP contribution in [0.4, 0.5) is 5.82 Å². The zero-order valence-electron chi connectivity index (χ0n) is 15.5. The number of piperidine rings is 1. The molecule has 1 saturated heterocycles. The first-order chi connectivity index (χ1) is 12.2. The van der Waals surface area contributed by atoms with Crippen LogP contribution in [0.5, 0.6) is 0 Å². The number of nitrogens with one attached hydrogen (secondary N) is 1. The summed E-state index contributed by atoms with van der Waals surface area (Å²) >= 11 is 1.69. The molecule has 1 N–H and O–H groups in total. The van der Waals surface area contributed by atoms with Gasteiger partial charge in [-0.25, -0.2) is 9.97 Å². The van der Waals surface area contributed by atoms with Crippen LogP contribution in [0.1, 0.15) is 47.6 Å². The zero-order valence-corrected chi connectivity index (χ0v) is 16.3. The summed E-state index contributed by atoms with van der Waals surface area (Å²) in [6.45, 7) is 9.28. The van der Waals surface area contributed by atoms with Crippen LogP contribution < -0.4 is 10.2 Å². The molecule has 0 amide bonds. The molecule has 1 fully saturated rings. The molecule has 0 spiro atoms. The Morgan fingerprint density at radius 1 is 1.20 bits per heavy atom. The lowest BCUT2D eigenvalue weighted by atomic mass is 10.0. The molecule has 2 aromatic rings. The van der Waals surface area contributed by atoms with Gasteiger partial charge in [0.1, 0.15) is 21.7 Å². The van der Waals surface area contributed by atoms with Crippen molar-refractivity contribution < 1.29 is 0 Å². The molecule has 136 valence electrons. The summed E-state index contributed by atoms with van der Waals surface area (Å²) in [4.78, 5) is 11.5. The highest BCUT2D eigenvalue weighted by Crippen LogP contribution is 2.23. The lowest BCUT2D eigenvalue weighted by Gasteiger charge is -2.34. The van der Waals surface area contributed by atoms with E-state index in [1.54, 1.807) is 11.3 Å². The van der Waals surface area contributed by atoms with E-state index in [0.29, 0.717) is 6.04 Å². The van der Waals surface area contributed by atoms with Crippen molar-refractivity contribution in [2.45, 2.75) is 58.9 Å². The number of anilines is 1. The van der Waals surface area contributed by atoms with Gasteiger partial charge in [-0.3, -0.25) is 0 Å². The molecule has 0 saturated carbocycles. The standard InChI is InChI=1S/C18H28N6S/c1-4-5-15-12-20-13(2)21-18(15)24-10-7-16(8-11-24)19-9-6-17-23-22-14(3)25-17/h12,16,19H,4-11H2,1-3H3. The molecule has 2 aromatic heterocycles. The van der Waals surface area contributed by atoms with Crippen LogP contribution in [0.2, 0.25) is 0 Å². The lowest BCUT2D eigenvalue weighted by Crippen LogP contribution is -2.43. The number of aryl methyl sites for hydroxylation is 3. The van der Waals surface area contributed by atoms with Crippen molar-refractivity contribution in [3.05, 3.63) is 27.6 Å². The van der Waals surface area contributed by atoms with E-state index in [9.17, 15) is 0 Å². The van der Waals surface area contributed by atoms with E-state index in [4.69, 9.17) is 4.98 Å². The Labute approximate surface area is 154 Å². The maximum absolute atomic E-state index is 4.73. The highest BCUT2D eigenvalue weighted by molar-refractivity contribution is 7.11. The fourth-order valence-electron chi connectivity index (χ4n) is 3.32. The Bertz CT molecular complexity index is 678. The maximum atomic E-state index is 4.73. The van der Waals surface area contributed by atoms with Crippen molar-refractivity contribution in [2.75, 3.05) is 24.5 Å². The minimum atomic E-state index is 0.586. The number of nitrogens with zero attached hydrogens (tertiary/aromatic N) is 5. The average Bonchev–Trinajstić information content (AvgIpc) is 3.03. The van der Waals surface area contributed by atoms with Gasteiger partial charge in [-0.15, -0.1) is 21.5 Å². The molecule has 0 radical (unpaired) electrons. The Kier molecular flexibility index (Phi) is 6.31. The Balaban J connectivity index is 1.49. The topological polar surface area (TPSA) is 66.8 Å². The molecule has 1 aliphatic rings. The van der Waals surface area contributed by atoms with Gasteiger partial charge in [0.05, 0.1) is 0 Å². The third kappa shape index (κ3) is 4.95. The van der Waals surface area contributed by atoms with E-state index in [-0.39, 0.29) is 0 Å². The van der Waals surface area contributed by atoms with E-state index in [2.05, 4.69) is 32.3 Å². The first-order valence-electron chi connectivity index (χ1n) is 9.25. The Hall–Kier alpha value is -1.60. The third-order valence-corrected chi connectivity index (χ3v) is 5.51. The van der Waals surface area contributed by atoms with Crippen LogP contribution in [-0.2, 0) is 12.8 Å². The van der Waals surface area contributed by atoms with Crippen LogP contribution in [0.25, 0.3) is 0 Å². The van der Waals surface area contributed by atoms with Crippen molar-refractivity contribution in [2.24, 2.45) is 0 Å². The number of rotatable bonds is 7. The fourth-order valence-corrected chi connectivity index (χ4v) is 4.03. The summed E-state index contributed by atoms with van der Waals surface area (Å²) in [5, 5.41) is 14.1. The highest BCUT2D eigenvalue weighted by Gasteiger charge is 2.22. The molecule has 3 heterocycles. The molecule has 3 rings (SSSR count). The fraction of sp³-hybridized carbons (Fsp3) is 0.667. The van der Waals surface area contributed by atoms with E-state index < -0.39 is 0 Å². The van der Waals surface area contributed by atoms with E-state index in [1.807, 2.05) is 20.0 Å². The van der Waals surface area contributed by atoms with Crippen LogP contribution in [0.3, 0.4) is 0 Å². The van der Waals surface area contributed by atoms with Gasteiger partial charge >= 0.3 is 0 Å². The second-order valence-corrected chi connectivity index (χ2v) is 7.96. The second kappa shape index (κ2) is 8.67. The van der Waals surface area contributed by atoms with E-state index >= 15 is 0 Å². The van der Waals surface area contributed by atoms with Crippen LogP contribution in [0.15, 0.2) is 6.20 Å². The smallest absolute Gasteiger partial charge is 0.135 e. The van der Waals surface area contributed by atoms with E-state index in [1.165, 1.54) is 5.56 Å². The molecule has 7 heteroatoms. The number of hydrogen-bond acceptors (Lipinski definition) is 7. The van der Waals surface area contributed by atoms with Gasteiger partial charge in [0.25, 0.3) is 0 Å². The van der Waals surface area contributed by atoms with Crippen LogP contribution in [0, 0.1) is 13.8 Å². The molecule has 0 unspecified atom stereocenters. The van der Waals surface area contributed by atoms with Gasteiger partial charge in [0.2, 0.25) is 0 Å². The predicted octanol–water partition coefficient (Wildman–Crippen LogP) is 2.70. The van der Waals surface area contributed by atoms with Crippen molar-refractivity contribution in [1.29, 1.82) is 0 Å². The minimum Gasteiger partial charge on any atom is -0.356 e. The van der Waals surface area contributed by atoms with Crippen LogP contribution in [-0.4, -0.2) is 45.8 Å². The average molecular weight is 361 g/mol. The molecule has 0 aliphatic carbocycles. The predicted molar refractivity (Wildman–Crippen MR) is 102 cm³/mol. The van der Waals surface area contributed by atoms with Crippen molar-refractivity contribution in [3.8, 4) is 0 Å². The molecule has 0 bridgehead atoms. The first kappa shape index (κ1) is 18.2. The Morgan fingerprint density at radius 2 is 2.00 bits per heavy atom. The summed E-state index contributed by atoms with van der Waals surface area (Å²) in [5.41, 5.74) is 1.28. The molecule has 25 heavy (non-hydrogen) atoms. The van der Waals surface area contributed by atoms with Gasteiger partial charge in [-0.05, 0) is 33.1 Å². The van der Waals surface area contributed by atoms with Crippen molar-refractivity contribution in [3.63, 3.8) is 0 Å². The van der Waals surface area contributed by atoms with Gasteiger partial charge in [0.15, 0.2) is 0 Å². The van der Waals surface area contributed by atoms with Gasteiger partial charge in [0, 0.05) is 43.9 Å². The zero-order chi connectivity index (χ0) is 17.6. The highest BCUT2D eigenvalue weighted by atomic mass is 32.1. The van der Waals surface area contributed by atoms with Crippen molar-refractivity contribution >= 4 is 17.2 Å². The summed E-state index contributed by atoms with van der Waals surface area (Å²) in [6, 6.07) is 0.586. The van der Waals surface area contributed by atoms with Crippen molar-refractivity contribution in [1.82, 2.24) is 25.5 Å². The molecular weight excluding hydrogens is 332 g/mol. The molecule has 6 nitrogen and oxygen atoms in total. The lowest BCUT2D eigenvalue weighted by molar-refractivity contribution is 0.415. The maximum Gasteiger partial charge on any atom is 0.135 e. The second-order valence-electron chi connectivity index (χ2n) is 6.70. The summed E-state index contributed by atoms with van der Waals surface area (Å²) in [6.07, 6.45) is 7.47. The largest absolute Gasteiger partial charge is 0.356 e. The van der Waals surface area contributed by atoms with Crippen LogP contribution >= 0.6 is 11.3 Å². The quantitative estimate of drug-likeness (QED) is 0.819. The van der Waals surface area contributed by atoms with Gasteiger partial charge < -0.3 is 10.2 Å². The molecule has 1 aliphatic heterocycles.